The molecule has 1 saturated heterocycles. The molecule has 1 amide bonds. The second-order valence-electron chi connectivity index (χ2n) is 5.97. The van der Waals surface area contributed by atoms with Crippen molar-refractivity contribution in [3.63, 3.8) is 0 Å². The van der Waals surface area contributed by atoms with E-state index in [4.69, 9.17) is 5.84 Å². The quantitative estimate of drug-likeness (QED) is 0.558. The highest BCUT2D eigenvalue weighted by molar-refractivity contribution is 5.99. The topological polar surface area (TPSA) is 78.6 Å². The van der Waals surface area contributed by atoms with Crippen molar-refractivity contribution in [3.05, 3.63) is 29.3 Å². The summed E-state index contributed by atoms with van der Waals surface area (Å²) in [5.41, 5.74) is 4.93. The van der Waals surface area contributed by atoms with Crippen molar-refractivity contribution in [3.8, 4) is 0 Å². The van der Waals surface area contributed by atoms with Gasteiger partial charge in [-0.2, -0.15) is 0 Å². The van der Waals surface area contributed by atoms with Crippen LogP contribution in [0.2, 0.25) is 0 Å². The van der Waals surface area contributed by atoms with Crippen LogP contribution in [0.25, 0.3) is 0 Å². The molecule has 3 unspecified atom stereocenters. The fourth-order valence-electron chi connectivity index (χ4n) is 3.54. The molecule has 1 aliphatic carbocycles. The molecule has 4 N–H and O–H groups in total. The molecule has 0 spiro atoms. The van der Waals surface area contributed by atoms with Gasteiger partial charge in [0.2, 0.25) is 0 Å². The number of benzene rings is 1. The highest BCUT2D eigenvalue weighted by atomic mass is 16.3. The molecule has 2 aliphatic rings. The maximum atomic E-state index is 12.6. The summed E-state index contributed by atoms with van der Waals surface area (Å²) < 4.78 is 0. The van der Waals surface area contributed by atoms with Crippen molar-refractivity contribution in [2.24, 2.45) is 17.7 Å². The Morgan fingerprint density at radius 2 is 2.20 bits per heavy atom. The first-order valence-corrected chi connectivity index (χ1v) is 7.14. The van der Waals surface area contributed by atoms with Crippen LogP contribution in [0.1, 0.15) is 28.8 Å². The Morgan fingerprint density at radius 1 is 1.40 bits per heavy atom. The van der Waals surface area contributed by atoms with Crippen LogP contribution < -0.4 is 11.3 Å². The van der Waals surface area contributed by atoms with Gasteiger partial charge in [-0.1, -0.05) is 6.07 Å². The van der Waals surface area contributed by atoms with Gasteiger partial charge in [0.05, 0.1) is 17.4 Å². The largest absolute Gasteiger partial charge is 0.393 e. The Balaban J connectivity index is 1.80. The predicted molar refractivity (Wildman–Crippen MR) is 77.1 cm³/mol. The molecule has 5 heteroatoms. The average molecular weight is 275 g/mol. The summed E-state index contributed by atoms with van der Waals surface area (Å²) in [6.45, 7) is 3.37. The highest BCUT2D eigenvalue weighted by Crippen LogP contribution is 2.38. The van der Waals surface area contributed by atoms with Crippen molar-refractivity contribution in [2.75, 3.05) is 18.5 Å². The monoisotopic (exact) mass is 275 g/mol. The van der Waals surface area contributed by atoms with Crippen molar-refractivity contribution >= 4 is 11.6 Å². The van der Waals surface area contributed by atoms with Gasteiger partial charge in [0.1, 0.15) is 0 Å². The zero-order chi connectivity index (χ0) is 14.3. The minimum atomic E-state index is -0.247. The lowest BCUT2D eigenvalue weighted by atomic mass is 10.00. The number of nitrogens with two attached hydrogens (primary N) is 1. The van der Waals surface area contributed by atoms with Gasteiger partial charge in [0.25, 0.3) is 5.91 Å². The summed E-state index contributed by atoms with van der Waals surface area (Å²) in [4.78, 5) is 14.5. The van der Waals surface area contributed by atoms with Crippen molar-refractivity contribution in [1.29, 1.82) is 0 Å². The van der Waals surface area contributed by atoms with E-state index in [-0.39, 0.29) is 17.9 Å². The molecule has 3 rings (SSSR count). The van der Waals surface area contributed by atoms with E-state index < -0.39 is 0 Å². The summed E-state index contributed by atoms with van der Waals surface area (Å²) in [5.74, 6) is 6.21. The van der Waals surface area contributed by atoms with Crippen LogP contribution in [0.15, 0.2) is 18.2 Å². The number of carbonyl (C=O) groups excluding carboxylic acids is 1. The lowest BCUT2D eigenvalue weighted by molar-refractivity contribution is 0.0753. The van der Waals surface area contributed by atoms with Crippen LogP contribution in [0.5, 0.6) is 0 Å². The number of fused-ring (bicyclic) bond motifs is 1. The maximum absolute atomic E-state index is 12.6. The number of hydrogen-bond acceptors (Lipinski definition) is 4. The van der Waals surface area contributed by atoms with E-state index in [1.54, 1.807) is 0 Å². The Kier molecular flexibility index (Phi) is 3.40. The molecule has 0 radical (unpaired) electrons. The third-order valence-electron chi connectivity index (χ3n) is 4.67. The van der Waals surface area contributed by atoms with E-state index in [2.05, 4.69) is 5.43 Å². The van der Waals surface area contributed by atoms with E-state index in [9.17, 15) is 9.90 Å². The zero-order valence-electron chi connectivity index (χ0n) is 11.7. The van der Waals surface area contributed by atoms with Crippen LogP contribution in [0.3, 0.4) is 0 Å². The Hall–Kier alpha value is -1.59. The molecule has 3 atom stereocenters. The Morgan fingerprint density at radius 3 is 2.90 bits per heavy atom. The van der Waals surface area contributed by atoms with E-state index in [0.717, 1.165) is 24.9 Å². The van der Waals surface area contributed by atoms with Crippen molar-refractivity contribution < 1.29 is 9.90 Å². The van der Waals surface area contributed by atoms with Gasteiger partial charge in [-0.3, -0.25) is 10.6 Å². The molecule has 20 heavy (non-hydrogen) atoms. The number of aliphatic hydroxyl groups is 1. The number of hydrazine groups is 1. The zero-order valence-corrected chi connectivity index (χ0v) is 11.7. The fraction of sp³-hybridized carbons (Fsp3) is 0.533. The number of hydrogen-bond donors (Lipinski definition) is 3. The second-order valence-corrected chi connectivity index (χ2v) is 5.97. The smallest absolute Gasteiger partial charge is 0.256 e. The lowest BCUT2D eigenvalue weighted by Crippen LogP contribution is -2.32. The van der Waals surface area contributed by atoms with Crippen LogP contribution in [-0.2, 0) is 0 Å². The standard InChI is InChI=1S/C15H21N3O2/c1-9-2-4-11(13(6-9)17-16)15(20)18-7-10-3-5-14(19)12(10)8-18/h2,4,6,10,12,14,17,19H,3,5,7-8,16H2,1H3. The number of carbonyl (C=O) groups is 1. The molecule has 0 aromatic heterocycles. The molecule has 5 nitrogen and oxygen atoms in total. The number of nitrogens with one attached hydrogen (secondary N) is 1. The number of nitrogen functional groups attached to an aromatic ring is 1. The molecule has 1 aromatic carbocycles. The number of rotatable bonds is 2. The van der Waals surface area contributed by atoms with E-state index in [1.165, 1.54) is 0 Å². The molecule has 1 aromatic rings. The molecule has 1 aliphatic heterocycles. The fourth-order valence-corrected chi connectivity index (χ4v) is 3.54. The van der Waals surface area contributed by atoms with Crippen LogP contribution in [0.4, 0.5) is 5.69 Å². The normalized spacial score (nSPS) is 28.6. The van der Waals surface area contributed by atoms with Crippen molar-refractivity contribution in [1.82, 2.24) is 4.90 Å². The third-order valence-corrected chi connectivity index (χ3v) is 4.67. The summed E-state index contributed by atoms with van der Waals surface area (Å²) in [6, 6.07) is 5.61. The van der Waals surface area contributed by atoms with Gasteiger partial charge in [0, 0.05) is 19.0 Å². The molecule has 2 fully saturated rings. The van der Waals surface area contributed by atoms with Gasteiger partial charge in [0.15, 0.2) is 0 Å². The molecular formula is C15H21N3O2. The first-order chi connectivity index (χ1) is 9.60. The number of likely N-dealkylation sites (tertiary alicyclic amines) is 1. The average Bonchev–Trinajstić information content (AvgIpc) is 3.00. The Bertz CT molecular complexity index is 532. The number of amides is 1. The van der Waals surface area contributed by atoms with Gasteiger partial charge in [-0.05, 0) is 43.4 Å². The van der Waals surface area contributed by atoms with Crippen LogP contribution in [-0.4, -0.2) is 35.1 Å². The highest BCUT2D eigenvalue weighted by Gasteiger charge is 2.43. The van der Waals surface area contributed by atoms with E-state index >= 15 is 0 Å². The molecule has 108 valence electrons. The van der Waals surface area contributed by atoms with Crippen LogP contribution >= 0.6 is 0 Å². The number of aliphatic hydroxyl groups excluding tert-OH is 1. The number of nitrogens with zero attached hydrogens (tertiary/aromatic N) is 1. The van der Waals surface area contributed by atoms with Gasteiger partial charge >= 0.3 is 0 Å². The van der Waals surface area contributed by atoms with Crippen LogP contribution in [0, 0.1) is 18.8 Å². The van der Waals surface area contributed by atoms with E-state index in [1.807, 2.05) is 30.0 Å². The van der Waals surface area contributed by atoms with Gasteiger partial charge < -0.3 is 15.4 Å². The summed E-state index contributed by atoms with van der Waals surface area (Å²) in [6.07, 6.45) is 1.64. The Labute approximate surface area is 118 Å². The second kappa shape index (κ2) is 5.07. The first-order valence-electron chi connectivity index (χ1n) is 7.14. The maximum Gasteiger partial charge on any atom is 0.256 e. The van der Waals surface area contributed by atoms with Crippen molar-refractivity contribution in [2.45, 2.75) is 25.9 Å². The molecule has 1 heterocycles. The SMILES string of the molecule is Cc1ccc(C(=O)N2CC3CCC(O)C3C2)c(NN)c1. The number of anilines is 1. The number of aryl methyl sites for hydroxylation is 1. The summed E-state index contributed by atoms with van der Waals surface area (Å²) >= 11 is 0. The minimum Gasteiger partial charge on any atom is -0.393 e. The first kappa shape index (κ1) is 13.4. The molecule has 1 saturated carbocycles. The summed E-state index contributed by atoms with van der Waals surface area (Å²) in [7, 11) is 0. The summed E-state index contributed by atoms with van der Waals surface area (Å²) in [5, 5.41) is 9.94. The lowest BCUT2D eigenvalue weighted by Gasteiger charge is -2.20. The third kappa shape index (κ3) is 2.17. The van der Waals surface area contributed by atoms with Gasteiger partial charge in [-0.25, -0.2) is 0 Å². The molecule has 0 bridgehead atoms. The van der Waals surface area contributed by atoms with Gasteiger partial charge in [-0.15, -0.1) is 0 Å². The van der Waals surface area contributed by atoms with E-state index in [0.29, 0.717) is 23.7 Å². The predicted octanol–water partition coefficient (Wildman–Crippen LogP) is 1.12. The molecular weight excluding hydrogens is 254 g/mol. The minimum absolute atomic E-state index is 0.000417.